The Balaban J connectivity index is 1.76. The van der Waals surface area contributed by atoms with Crippen LogP contribution in [-0.2, 0) is 11.3 Å². The van der Waals surface area contributed by atoms with Gasteiger partial charge in [-0.15, -0.1) is 0 Å². The average Bonchev–Trinajstić information content (AvgIpc) is 2.63. The molecule has 0 spiro atoms. The van der Waals surface area contributed by atoms with Crippen molar-refractivity contribution in [1.82, 2.24) is 15.8 Å². The second-order valence-corrected chi connectivity index (χ2v) is 3.90. The summed E-state index contributed by atoms with van der Waals surface area (Å²) in [5, 5.41) is 9.56. The first-order valence-electron chi connectivity index (χ1n) is 5.15. The van der Waals surface area contributed by atoms with E-state index in [2.05, 4.69) is 15.8 Å². The van der Waals surface area contributed by atoms with Crippen LogP contribution in [0.25, 0.3) is 0 Å². The maximum Gasteiger partial charge on any atom is 0.223 e. The summed E-state index contributed by atoms with van der Waals surface area (Å²) in [7, 11) is 0. The lowest BCUT2D eigenvalue weighted by molar-refractivity contribution is -0.126. The standard InChI is InChI=1S/C10H15N3O2/c1-7(8-4-11-5-8)10(14)12-6-9-2-3-13-15-9/h2-3,7-8,11H,4-6H2,1H3,(H,12,14). The average molecular weight is 209 g/mol. The molecule has 1 amide bonds. The van der Waals surface area contributed by atoms with E-state index in [1.807, 2.05) is 6.92 Å². The molecular formula is C10H15N3O2. The molecule has 0 radical (unpaired) electrons. The van der Waals surface area contributed by atoms with Crippen molar-refractivity contribution in [3.05, 3.63) is 18.0 Å². The van der Waals surface area contributed by atoms with Gasteiger partial charge in [-0.1, -0.05) is 12.1 Å². The third kappa shape index (κ3) is 2.36. The molecule has 2 rings (SSSR count). The molecule has 0 bridgehead atoms. The molecule has 1 aromatic rings. The van der Waals surface area contributed by atoms with E-state index >= 15 is 0 Å². The highest BCUT2D eigenvalue weighted by atomic mass is 16.5. The van der Waals surface area contributed by atoms with E-state index in [0.717, 1.165) is 13.1 Å². The Morgan fingerprint density at radius 1 is 1.80 bits per heavy atom. The molecule has 1 aliphatic heterocycles. The molecule has 15 heavy (non-hydrogen) atoms. The lowest BCUT2D eigenvalue weighted by Gasteiger charge is -2.31. The van der Waals surface area contributed by atoms with Crippen LogP contribution in [-0.4, -0.2) is 24.2 Å². The Labute approximate surface area is 88.2 Å². The van der Waals surface area contributed by atoms with Crippen molar-refractivity contribution >= 4 is 5.91 Å². The maximum absolute atomic E-state index is 11.7. The molecule has 2 N–H and O–H groups in total. The fourth-order valence-corrected chi connectivity index (χ4v) is 1.55. The van der Waals surface area contributed by atoms with E-state index in [0.29, 0.717) is 18.2 Å². The quantitative estimate of drug-likeness (QED) is 0.740. The van der Waals surface area contributed by atoms with Gasteiger partial charge in [-0.05, 0) is 19.0 Å². The van der Waals surface area contributed by atoms with Crippen LogP contribution in [0.3, 0.4) is 0 Å². The molecule has 1 aliphatic rings. The fourth-order valence-electron chi connectivity index (χ4n) is 1.55. The number of nitrogens with zero attached hydrogens (tertiary/aromatic N) is 1. The largest absolute Gasteiger partial charge is 0.360 e. The van der Waals surface area contributed by atoms with Crippen LogP contribution in [0.15, 0.2) is 16.8 Å². The van der Waals surface area contributed by atoms with Gasteiger partial charge in [0.15, 0.2) is 5.76 Å². The van der Waals surface area contributed by atoms with E-state index in [1.165, 1.54) is 0 Å². The number of hydrogen-bond donors (Lipinski definition) is 2. The summed E-state index contributed by atoms with van der Waals surface area (Å²) >= 11 is 0. The first-order valence-corrected chi connectivity index (χ1v) is 5.15. The zero-order valence-electron chi connectivity index (χ0n) is 8.69. The Morgan fingerprint density at radius 2 is 2.60 bits per heavy atom. The van der Waals surface area contributed by atoms with Gasteiger partial charge in [-0.2, -0.15) is 0 Å². The summed E-state index contributed by atoms with van der Waals surface area (Å²) in [6.45, 7) is 4.26. The van der Waals surface area contributed by atoms with Crippen LogP contribution in [0.4, 0.5) is 0 Å². The predicted octanol–water partition coefficient (Wildman–Crippen LogP) is 0.146. The van der Waals surface area contributed by atoms with Gasteiger partial charge in [0, 0.05) is 12.0 Å². The molecule has 2 heterocycles. The van der Waals surface area contributed by atoms with E-state index in [-0.39, 0.29) is 11.8 Å². The molecular weight excluding hydrogens is 194 g/mol. The van der Waals surface area contributed by atoms with Crippen LogP contribution in [0.1, 0.15) is 12.7 Å². The highest BCUT2D eigenvalue weighted by Gasteiger charge is 2.28. The van der Waals surface area contributed by atoms with Crippen LogP contribution >= 0.6 is 0 Å². The smallest absolute Gasteiger partial charge is 0.223 e. The minimum absolute atomic E-state index is 0.0640. The van der Waals surface area contributed by atoms with Crippen LogP contribution in [0, 0.1) is 11.8 Å². The lowest BCUT2D eigenvalue weighted by Crippen LogP contribution is -2.49. The molecule has 0 saturated carbocycles. The summed E-state index contributed by atoms with van der Waals surface area (Å²) in [6.07, 6.45) is 1.57. The molecule has 1 saturated heterocycles. The maximum atomic E-state index is 11.7. The Hall–Kier alpha value is -1.36. The van der Waals surface area contributed by atoms with Crippen molar-refractivity contribution in [2.75, 3.05) is 13.1 Å². The number of carbonyl (C=O) groups excluding carboxylic acids is 1. The normalized spacial score (nSPS) is 18.2. The highest BCUT2D eigenvalue weighted by molar-refractivity contribution is 5.78. The molecule has 1 atom stereocenters. The van der Waals surface area contributed by atoms with E-state index < -0.39 is 0 Å². The molecule has 1 fully saturated rings. The molecule has 82 valence electrons. The van der Waals surface area contributed by atoms with Crippen molar-refractivity contribution in [3.8, 4) is 0 Å². The number of aromatic nitrogens is 1. The molecule has 5 nitrogen and oxygen atoms in total. The Bertz CT molecular complexity index is 319. The van der Waals surface area contributed by atoms with Gasteiger partial charge < -0.3 is 15.2 Å². The third-order valence-corrected chi connectivity index (χ3v) is 2.86. The SMILES string of the molecule is CC(C(=O)NCc1ccno1)C1CNC1. The van der Waals surface area contributed by atoms with Crippen molar-refractivity contribution < 1.29 is 9.32 Å². The second kappa shape index (κ2) is 4.44. The third-order valence-electron chi connectivity index (χ3n) is 2.86. The van der Waals surface area contributed by atoms with Crippen LogP contribution < -0.4 is 10.6 Å². The van der Waals surface area contributed by atoms with Gasteiger partial charge >= 0.3 is 0 Å². The first-order chi connectivity index (χ1) is 7.27. The minimum atomic E-state index is 0.0640. The van der Waals surface area contributed by atoms with Gasteiger partial charge in [0.25, 0.3) is 0 Å². The van der Waals surface area contributed by atoms with Crippen molar-refractivity contribution in [2.45, 2.75) is 13.5 Å². The molecule has 1 aromatic heterocycles. The summed E-state index contributed by atoms with van der Waals surface area (Å²) < 4.78 is 4.89. The lowest BCUT2D eigenvalue weighted by atomic mass is 9.88. The van der Waals surface area contributed by atoms with Gasteiger partial charge in [-0.3, -0.25) is 4.79 Å². The Morgan fingerprint density at radius 3 is 3.13 bits per heavy atom. The van der Waals surface area contributed by atoms with Crippen molar-refractivity contribution in [3.63, 3.8) is 0 Å². The topological polar surface area (TPSA) is 67.2 Å². The molecule has 0 aromatic carbocycles. The number of carbonyl (C=O) groups is 1. The van der Waals surface area contributed by atoms with Gasteiger partial charge in [0.05, 0.1) is 12.7 Å². The first kappa shape index (κ1) is 10.2. The monoisotopic (exact) mass is 209 g/mol. The predicted molar refractivity (Wildman–Crippen MR) is 53.9 cm³/mol. The van der Waals surface area contributed by atoms with Crippen molar-refractivity contribution in [1.29, 1.82) is 0 Å². The van der Waals surface area contributed by atoms with Crippen LogP contribution in [0.2, 0.25) is 0 Å². The Kier molecular flexibility index (Phi) is 3.01. The molecule has 0 aliphatic carbocycles. The van der Waals surface area contributed by atoms with Gasteiger partial charge in [0.2, 0.25) is 5.91 Å². The van der Waals surface area contributed by atoms with Crippen molar-refractivity contribution in [2.24, 2.45) is 11.8 Å². The summed E-state index contributed by atoms with van der Waals surface area (Å²) in [5.74, 6) is 1.30. The fraction of sp³-hybridized carbons (Fsp3) is 0.600. The van der Waals surface area contributed by atoms with E-state index in [1.54, 1.807) is 12.3 Å². The van der Waals surface area contributed by atoms with E-state index in [4.69, 9.17) is 4.52 Å². The van der Waals surface area contributed by atoms with E-state index in [9.17, 15) is 4.79 Å². The summed E-state index contributed by atoms with van der Waals surface area (Å²) in [6, 6.07) is 1.75. The second-order valence-electron chi connectivity index (χ2n) is 3.90. The zero-order chi connectivity index (χ0) is 10.7. The number of amides is 1. The number of rotatable bonds is 4. The number of hydrogen-bond acceptors (Lipinski definition) is 4. The zero-order valence-corrected chi connectivity index (χ0v) is 8.69. The highest BCUT2D eigenvalue weighted by Crippen LogP contribution is 2.15. The van der Waals surface area contributed by atoms with Gasteiger partial charge in [0.1, 0.15) is 0 Å². The summed E-state index contributed by atoms with van der Waals surface area (Å²) in [5.41, 5.74) is 0. The summed E-state index contributed by atoms with van der Waals surface area (Å²) in [4.78, 5) is 11.7. The van der Waals surface area contributed by atoms with Crippen LogP contribution in [0.5, 0.6) is 0 Å². The molecule has 5 heteroatoms. The minimum Gasteiger partial charge on any atom is -0.360 e. The molecule has 1 unspecified atom stereocenters. The van der Waals surface area contributed by atoms with Gasteiger partial charge in [-0.25, -0.2) is 0 Å². The number of nitrogens with one attached hydrogen (secondary N) is 2.